The van der Waals surface area contributed by atoms with Gasteiger partial charge < -0.3 is 4.42 Å². The van der Waals surface area contributed by atoms with E-state index in [9.17, 15) is 0 Å². The van der Waals surface area contributed by atoms with Gasteiger partial charge in [0.2, 0.25) is 11.4 Å². The number of aromatic nitrogens is 2. The molecule has 1 aromatic carbocycles. The number of benzene rings is 1. The van der Waals surface area contributed by atoms with Crippen LogP contribution in [0.2, 0.25) is 0 Å². The van der Waals surface area contributed by atoms with Crippen LogP contribution in [-0.4, -0.2) is 4.98 Å². The number of pyridine rings is 2. The number of hydrogen-bond donors (Lipinski definition) is 0. The number of rotatable bonds is 2. The summed E-state index contributed by atoms with van der Waals surface area (Å²) in [6.07, 6.45) is 1.63. The van der Waals surface area contributed by atoms with E-state index < -0.39 is 12.7 Å². The molecule has 0 spiro atoms. The minimum atomic E-state index is -2.17. The molecule has 0 fully saturated rings. The quantitative estimate of drug-likeness (QED) is 0.471. The third kappa shape index (κ3) is 2.42. The van der Waals surface area contributed by atoms with Crippen LogP contribution in [0.1, 0.15) is 42.0 Å². The molecule has 0 saturated carbocycles. The molecule has 25 heavy (non-hydrogen) atoms. The molecule has 4 aromatic rings. The van der Waals surface area contributed by atoms with Crippen LogP contribution < -0.4 is 4.57 Å². The third-order valence-corrected chi connectivity index (χ3v) is 4.60. The summed E-state index contributed by atoms with van der Waals surface area (Å²) in [5.74, 6) is -0.927. The van der Waals surface area contributed by atoms with E-state index in [1.54, 1.807) is 22.9 Å². The maximum Gasteiger partial charge on any atom is 0.227 e. The molecule has 3 heteroatoms. The summed E-state index contributed by atoms with van der Waals surface area (Å²) < 4.78 is 39.7. The molecule has 0 bridgehead atoms. The summed E-state index contributed by atoms with van der Waals surface area (Å²) in [5.41, 5.74) is 4.74. The Balaban J connectivity index is 2.13. The number of fused-ring (bicyclic) bond motifs is 3. The highest BCUT2D eigenvalue weighted by molar-refractivity contribution is 6.07. The van der Waals surface area contributed by atoms with Crippen LogP contribution in [0, 0.1) is 13.8 Å². The molecule has 0 aliphatic carbocycles. The average Bonchev–Trinajstić information content (AvgIpc) is 2.96. The molecule has 3 heterocycles. The zero-order valence-corrected chi connectivity index (χ0v) is 14.8. The van der Waals surface area contributed by atoms with Crippen molar-refractivity contribution in [2.75, 3.05) is 0 Å². The molecule has 0 unspecified atom stereocenters. The zero-order chi connectivity index (χ0) is 21.1. The van der Waals surface area contributed by atoms with Gasteiger partial charge in [-0.05, 0) is 37.4 Å². The fourth-order valence-corrected chi connectivity index (χ4v) is 3.55. The lowest BCUT2D eigenvalue weighted by Gasteiger charge is -2.15. The van der Waals surface area contributed by atoms with Crippen molar-refractivity contribution in [2.24, 2.45) is 7.05 Å². The molecule has 0 N–H and O–H groups in total. The van der Waals surface area contributed by atoms with Gasteiger partial charge in [0.1, 0.15) is 12.6 Å². The van der Waals surface area contributed by atoms with Crippen LogP contribution in [0.15, 0.2) is 47.0 Å². The van der Waals surface area contributed by atoms with Crippen LogP contribution in [0.25, 0.3) is 33.3 Å². The van der Waals surface area contributed by atoms with Gasteiger partial charge in [0.15, 0.2) is 6.20 Å². The Bertz CT molecular complexity index is 1250. The number of para-hydroxylation sites is 1. The summed E-state index contributed by atoms with van der Waals surface area (Å²) >= 11 is 0. The smallest absolute Gasteiger partial charge is 0.227 e. The summed E-state index contributed by atoms with van der Waals surface area (Å²) in [5, 5.41) is 1.76. The number of nitrogens with zero attached hydrogens (tertiary/aromatic N) is 2. The monoisotopic (exact) mass is 335 g/mol. The molecule has 0 aliphatic heterocycles. The lowest BCUT2D eigenvalue weighted by atomic mass is 9.90. The fourth-order valence-electron chi connectivity index (χ4n) is 3.55. The third-order valence-electron chi connectivity index (χ3n) is 4.60. The Morgan fingerprint density at radius 2 is 2.00 bits per heavy atom. The molecule has 3 nitrogen and oxygen atoms in total. The normalized spacial score (nSPS) is 15.0. The predicted octanol–water partition coefficient (Wildman–Crippen LogP) is 5.21. The van der Waals surface area contributed by atoms with Crippen molar-refractivity contribution in [1.82, 2.24) is 4.98 Å². The van der Waals surface area contributed by atoms with Crippen LogP contribution in [-0.2, 0) is 7.05 Å². The predicted molar refractivity (Wildman–Crippen MR) is 102 cm³/mol. The van der Waals surface area contributed by atoms with Gasteiger partial charge in [0.25, 0.3) is 0 Å². The lowest BCUT2D eigenvalue weighted by molar-refractivity contribution is -0.660. The summed E-state index contributed by atoms with van der Waals surface area (Å²) in [6, 6.07) is 11.2. The van der Waals surface area contributed by atoms with Gasteiger partial charge >= 0.3 is 0 Å². The first kappa shape index (κ1) is 11.8. The summed E-state index contributed by atoms with van der Waals surface area (Å²) in [7, 11) is 1.82. The van der Waals surface area contributed by atoms with E-state index in [2.05, 4.69) is 0 Å². The van der Waals surface area contributed by atoms with Crippen molar-refractivity contribution in [2.45, 2.75) is 33.5 Å². The molecule has 0 radical (unpaired) electrons. The van der Waals surface area contributed by atoms with Gasteiger partial charge in [-0.1, -0.05) is 32.0 Å². The SMILES string of the molecule is [2H]C([2H])([2H])c1ccc(-c2c(C)nc3oc4ccccc4c3c2C([2H])(C)C)[n+](C)c1. The Hall–Kier alpha value is -2.68. The standard InChI is InChI=1S/C22H23N2O/c1-13(2)19-20(17-11-10-14(3)12-24(17)5)15(4)23-22-21(19)16-8-6-7-9-18(16)25-22/h6-13H,1-5H3/q+1/i3D3,13D. The van der Waals surface area contributed by atoms with Crippen molar-refractivity contribution in [1.29, 1.82) is 0 Å². The average molecular weight is 335 g/mol. The van der Waals surface area contributed by atoms with E-state index in [-0.39, 0.29) is 5.56 Å². The van der Waals surface area contributed by atoms with Crippen molar-refractivity contribution in [3.05, 3.63) is 59.4 Å². The van der Waals surface area contributed by atoms with Crippen LogP contribution in [0.5, 0.6) is 0 Å². The second kappa shape index (κ2) is 5.69. The van der Waals surface area contributed by atoms with Crippen molar-refractivity contribution < 1.29 is 14.5 Å². The second-order valence-electron chi connectivity index (χ2n) is 6.64. The second-order valence-corrected chi connectivity index (χ2v) is 6.64. The highest BCUT2D eigenvalue weighted by Crippen LogP contribution is 2.40. The van der Waals surface area contributed by atoms with E-state index in [0.29, 0.717) is 5.71 Å². The Kier molecular flexibility index (Phi) is 2.69. The topological polar surface area (TPSA) is 29.9 Å². The van der Waals surface area contributed by atoms with Gasteiger partial charge in [-0.3, -0.25) is 0 Å². The van der Waals surface area contributed by atoms with Crippen molar-refractivity contribution in [3.8, 4) is 11.3 Å². The molecule has 126 valence electrons. The Labute approximate surface area is 153 Å². The summed E-state index contributed by atoms with van der Waals surface area (Å²) in [6.45, 7) is 3.42. The zero-order valence-electron chi connectivity index (χ0n) is 18.8. The minimum absolute atomic E-state index is 0.274. The van der Waals surface area contributed by atoms with Gasteiger partial charge in [-0.25, -0.2) is 9.55 Å². The number of furan rings is 1. The van der Waals surface area contributed by atoms with Gasteiger partial charge in [-0.15, -0.1) is 0 Å². The van der Waals surface area contributed by atoms with E-state index in [1.165, 1.54) is 0 Å². The van der Waals surface area contributed by atoms with Crippen molar-refractivity contribution >= 4 is 22.1 Å². The van der Waals surface area contributed by atoms with Crippen molar-refractivity contribution in [3.63, 3.8) is 0 Å². The van der Waals surface area contributed by atoms with Gasteiger partial charge in [0.05, 0.1) is 16.6 Å². The summed E-state index contributed by atoms with van der Waals surface area (Å²) in [4.78, 5) is 4.70. The lowest BCUT2D eigenvalue weighted by Crippen LogP contribution is -2.31. The molecular weight excluding hydrogens is 308 g/mol. The molecule has 0 atom stereocenters. The minimum Gasteiger partial charge on any atom is -0.438 e. The van der Waals surface area contributed by atoms with Crippen LogP contribution in [0.4, 0.5) is 0 Å². The number of hydrogen-bond acceptors (Lipinski definition) is 2. The first-order valence-corrected chi connectivity index (χ1v) is 8.31. The Morgan fingerprint density at radius 3 is 2.72 bits per heavy atom. The van der Waals surface area contributed by atoms with Crippen LogP contribution >= 0.6 is 0 Å². The molecule has 4 rings (SSSR count). The molecule has 0 aliphatic rings. The number of aryl methyl sites for hydroxylation is 3. The van der Waals surface area contributed by atoms with Gasteiger partial charge in [-0.2, -0.15) is 0 Å². The first-order chi connectivity index (χ1) is 13.5. The van der Waals surface area contributed by atoms with E-state index in [1.807, 2.05) is 52.1 Å². The highest BCUT2D eigenvalue weighted by Gasteiger charge is 2.25. The molecule has 0 saturated heterocycles. The first-order valence-electron chi connectivity index (χ1n) is 10.3. The Morgan fingerprint density at radius 1 is 1.20 bits per heavy atom. The van der Waals surface area contributed by atoms with Crippen LogP contribution in [0.3, 0.4) is 0 Å². The highest BCUT2D eigenvalue weighted by atomic mass is 16.3. The molecular formula is C22H23N2O+. The van der Waals surface area contributed by atoms with Gasteiger partial charge in [0, 0.05) is 22.5 Å². The van der Waals surface area contributed by atoms with E-state index >= 15 is 0 Å². The maximum atomic E-state index is 8.90. The van der Waals surface area contributed by atoms with E-state index in [4.69, 9.17) is 14.9 Å². The molecule has 3 aromatic heterocycles. The molecule has 0 amide bonds. The maximum absolute atomic E-state index is 8.90. The van der Waals surface area contributed by atoms with E-state index in [0.717, 1.165) is 38.9 Å². The fraction of sp³-hybridized carbons (Fsp3) is 0.273. The largest absolute Gasteiger partial charge is 0.438 e.